The second-order valence-electron chi connectivity index (χ2n) is 8.37. The second kappa shape index (κ2) is 9.18. The molecule has 7 heteroatoms. The van der Waals surface area contributed by atoms with Gasteiger partial charge in [0.1, 0.15) is 0 Å². The van der Waals surface area contributed by atoms with Crippen molar-refractivity contribution in [3.05, 3.63) is 65.2 Å². The lowest BCUT2D eigenvalue weighted by molar-refractivity contribution is -0.138. The van der Waals surface area contributed by atoms with E-state index < -0.39 is 17.8 Å². The Kier molecular flexibility index (Phi) is 6.55. The molecule has 2 aromatic rings. The number of nitrogens with zero attached hydrogens (tertiary/aromatic N) is 1. The van der Waals surface area contributed by atoms with Crippen molar-refractivity contribution in [2.24, 2.45) is 5.92 Å². The lowest BCUT2D eigenvalue weighted by atomic mass is 9.76. The highest BCUT2D eigenvalue weighted by atomic mass is 19.4. The van der Waals surface area contributed by atoms with Crippen LogP contribution in [-0.4, -0.2) is 42.4 Å². The van der Waals surface area contributed by atoms with E-state index >= 15 is 0 Å². The fraction of sp³-hybridized carbons (Fsp3) is 0.500. The number of ether oxygens (including phenoxy) is 1. The summed E-state index contributed by atoms with van der Waals surface area (Å²) in [7, 11) is 0. The molecule has 2 aliphatic rings. The Balaban J connectivity index is 1.67. The van der Waals surface area contributed by atoms with E-state index in [0.29, 0.717) is 24.3 Å². The zero-order valence-corrected chi connectivity index (χ0v) is 17.6. The number of alkyl halides is 3. The molecule has 1 fully saturated rings. The summed E-state index contributed by atoms with van der Waals surface area (Å²) in [6.45, 7) is 4.12. The minimum atomic E-state index is -4.39. The third-order valence-corrected chi connectivity index (χ3v) is 6.46. The van der Waals surface area contributed by atoms with Crippen molar-refractivity contribution >= 4 is 5.69 Å². The van der Waals surface area contributed by atoms with Gasteiger partial charge in [0.2, 0.25) is 0 Å². The molecule has 31 heavy (non-hydrogen) atoms. The molecular weight excluding hydrogens is 405 g/mol. The summed E-state index contributed by atoms with van der Waals surface area (Å²) in [5, 5.41) is 12.8. The van der Waals surface area contributed by atoms with Crippen LogP contribution in [0.1, 0.15) is 48.6 Å². The number of halogens is 3. The van der Waals surface area contributed by atoms with Crippen molar-refractivity contribution in [1.29, 1.82) is 0 Å². The normalized spacial score (nSPS) is 25.6. The van der Waals surface area contributed by atoms with Crippen molar-refractivity contribution in [1.82, 2.24) is 4.90 Å². The lowest BCUT2D eigenvalue weighted by Crippen LogP contribution is -2.43. The summed E-state index contributed by atoms with van der Waals surface area (Å²) in [4.78, 5) is 2.12. The van der Waals surface area contributed by atoms with Gasteiger partial charge in [0, 0.05) is 30.3 Å². The van der Waals surface area contributed by atoms with Crippen molar-refractivity contribution in [2.75, 3.05) is 31.6 Å². The number of aliphatic hydroxyl groups excluding tert-OH is 1. The first-order valence-corrected chi connectivity index (χ1v) is 10.9. The lowest BCUT2D eigenvalue weighted by Gasteiger charge is -2.46. The van der Waals surface area contributed by atoms with E-state index in [0.717, 1.165) is 31.0 Å². The van der Waals surface area contributed by atoms with Crippen molar-refractivity contribution in [3.8, 4) is 0 Å². The van der Waals surface area contributed by atoms with Gasteiger partial charge in [0.25, 0.3) is 0 Å². The van der Waals surface area contributed by atoms with Crippen LogP contribution in [0.5, 0.6) is 0 Å². The van der Waals surface area contributed by atoms with Crippen molar-refractivity contribution in [3.63, 3.8) is 0 Å². The van der Waals surface area contributed by atoms with Crippen LogP contribution in [-0.2, 0) is 10.9 Å². The molecule has 0 spiro atoms. The number of hydrogen-bond donors (Lipinski definition) is 2. The van der Waals surface area contributed by atoms with Crippen LogP contribution in [0.15, 0.2) is 48.5 Å². The largest absolute Gasteiger partial charge is 0.416 e. The van der Waals surface area contributed by atoms with E-state index in [1.165, 1.54) is 12.1 Å². The third-order valence-electron chi connectivity index (χ3n) is 6.46. The third kappa shape index (κ3) is 4.73. The molecule has 2 N–H and O–H groups in total. The summed E-state index contributed by atoms with van der Waals surface area (Å²) in [5.74, 6) is 0.0440. The number of anilines is 1. The molecule has 4 nitrogen and oxygen atoms in total. The molecule has 4 rings (SSSR count). The molecule has 2 aliphatic heterocycles. The van der Waals surface area contributed by atoms with Crippen LogP contribution in [0.4, 0.5) is 18.9 Å². The van der Waals surface area contributed by atoms with Gasteiger partial charge >= 0.3 is 6.18 Å². The SMILES string of the molecule is CCN(CCO)C[C@H]1CC[C@H]2C(c3ccccc3)Nc3ccc(C(F)(F)F)cc3[C@H]2O1. The Morgan fingerprint density at radius 2 is 1.90 bits per heavy atom. The molecule has 2 heterocycles. The average molecular weight is 435 g/mol. The fourth-order valence-corrected chi connectivity index (χ4v) is 4.87. The van der Waals surface area contributed by atoms with Gasteiger partial charge < -0.3 is 15.2 Å². The molecule has 2 aromatic carbocycles. The maximum absolute atomic E-state index is 13.4. The van der Waals surface area contributed by atoms with Gasteiger partial charge in [-0.1, -0.05) is 37.3 Å². The highest BCUT2D eigenvalue weighted by molar-refractivity contribution is 5.58. The molecule has 0 aliphatic carbocycles. The summed E-state index contributed by atoms with van der Waals surface area (Å²) in [6, 6.07) is 13.9. The monoisotopic (exact) mass is 434 g/mol. The highest BCUT2D eigenvalue weighted by Crippen LogP contribution is 2.51. The van der Waals surface area contributed by atoms with Crippen LogP contribution in [0.25, 0.3) is 0 Å². The molecule has 0 bridgehead atoms. The Morgan fingerprint density at radius 3 is 2.58 bits per heavy atom. The molecule has 1 unspecified atom stereocenters. The van der Waals surface area contributed by atoms with Gasteiger partial charge in [-0.3, -0.25) is 4.90 Å². The van der Waals surface area contributed by atoms with E-state index in [4.69, 9.17) is 4.74 Å². The summed E-state index contributed by atoms with van der Waals surface area (Å²) < 4.78 is 46.7. The number of benzene rings is 2. The first kappa shape index (κ1) is 22.1. The Labute approximate surface area is 181 Å². The van der Waals surface area contributed by atoms with E-state index in [9.17, 15) is 18.3 Å². The summed E-state index contributed by atoms with van der Waals surface area (Å²) >= 11 is 0. The molecule has 0 amide bonds. The number of rotatable bonds is 6. The zero-order chi connectivity index (χ0) is 22.0. The van der Waals surface area contributed by atoms with Crippen LogP contribution in [0, 0.1) is 5.92 Å². The smallest absolute Gasteiger partial charge is 0.395 e. The van der Waals surface area contributed by atoms with E-state index in [-0.39, 0.29) is 24.7 Å². The standard InChI is InChI=1S/C24H29F3N2O2/c1-2-29(12-13-30)15-18-9-10-19-22(16-6-4-3-5-7-16)28-21-11-8-17(24(25,26)27)14-20(21)23(19)31-18/h3-8,11,14,18-19,22-23,28,30H,2,9-10,12-13,15H2,1H3/t18-,19+,22?,23+/m1/s1. The number of aliphatic hydroxyl groups is 1. The second-order valence-corrected chi connectivity index (χ2v) is 8.37. The average Bonchev–Trinajstić information content (AvgIpc) is 2.77. The van der Waals surface area contributed by atoms with Crippen LogP contribution >= 0.6 is 0 Å². The first-order chi connectivity index (χ1) is 14.9. The van der Waals surface area contributed by atoms with Gasteiger partial charge in [-0.2, -0.15) is 13.2 Å². The highest BCUT2D eigenvalue weighted by Gasteiger charge is 2.43. The number of likely N-dealkylation sites (N-methyl/N-ethyl adjacent to an activating group) is 1. The number of hydrogen-bond acceptors (Lipinski definition) is 4. The molecule has 0 saturated carbocycles. The first-order valence-electron chi connectivity index (χ1n) is 10.9. The Morgan fingerprint density at radius 1 is 1.13 bits per heavy atom. The maximum atomic E-state index is 13.4. The predicted octanol–water partition coefficient (Wildman–Crippen LogP) is 5.02. The van der Waals surface area contributed by atoms with E-state index in [1.54, 1.807) is 0 Å². The van der Waals surface area contributed by atoms with E-state index in [2.05, 4.69) is 22.3 Å². The summed E-state index contributed by atoms with van der Waals surface area (Å²) in [6.07, 6.45) is -3.19. The molecule has 168 valence electrons. The predicted molar refractivity (Wildman–Crippen MR) is 114 cm³/mol. The van der Waals surface area contributed by atoms with Gasteiger partial charge in [-0.05, 0) is 43.1 Å². The minimum absolute atomic E-state index is 0.0175. The quantitative estimate of drug-likeness (QED) is 0.670. The summed E-state index contributed by atoms with van der Waals surface area (Å²) in [5.41, 5.74) is 1.75. The molecule has 4 atom stereocenters. The van der Waals surface area contributed by atoms with Crippen LogP contribution in [0.3, 0.4) is 0 Å². The van der Waals surface area contributed by atoms with Gasteiger partial charge in [0.15, 0.2) is 0 Å². The van der Waals surface area contributed by atoms with Crippen molar-refractivity contribution < 1.29 is 23.0 Å². The van der Waals surface area contributed by atoms with Gasteiger partial charge in [0.05, 0.1) is 30.4 Å². The van der Waals surface area contributed by atoms with Crippen LogP contribution < -0.4 is 5.32 Å². The Bertz CT molecular complexity index is 875. The number of fused-ring (bicyclic) bond motifs is 3. The van der Waals surface area contributed by atoms with Crippen molar-refractivity contribution in [2.45, 2.75) is 44.2 Å². The molecular formula is C24H29F3N2O2. The van der Waals surface area contributed by atoms with Gasteiger partial charge in [-0.15, -0.1) is 0 Å². The van der Waals surface area contributed by atoms with E-state index in [1.807, 2.05) is 25.1 Å². The van der Waals surface area contributed by atoms with Crippen LogP contribution in [0.2, 0.25) is 0 Å². The Hall–Kier alpha value is -2.09. The minimum Gasteiger partial charge on any atom is -0.395 e. The molecule has 0 radical (unpaired) electrons. The topological polar surface area (TPSA) is 44.7 Å². The zero-order valence-electron chi connectivity index (χ0n) is 17.6. The van der Waals surface area contributed by atoms with Gasteiger partial charge in [-0.25, -0.2) is 0 Å². The molecule has 1 saturated heterocycles. The maximum Gasteiger partial charge on any atom is 0.416 e. The fourth-order valence-electron chi connectivity index (χ4n) is 4.87. The molecule has 0 aromatic heterocycles. The number of nitrogens with one attached hydrogen (secondary N) is 1.